The molecule has 2 aromatic heterocycles. The van der Waals surface area contributed by atoms with Gasteiger partial charge >= 0.3 is 0 Å². The second-order valence-electron chi connectivity index (χ2n) is 7.58. The average Bonchev–Trinajstić information content (AvgIpc) is 3.43. The van der Waals surface area contributed by atoms with Gasteiger partial charge in [0, 0.05) is 32.8 Å². The van der Waals surface area contributed by atoms with Gasteiger partial charge in [0.15, 0.2) is 0 Å². The second kappa shape index (κ2) is 7.88. The van der Waals surface area contributed by atoms with Crippen molar-refractivity contribution in [2.75, 3.05) is 6.26 Å². The Kier molecular flexibility index (Phi) is 5.16. The number of nitrogens with one attached hydrogen (secondary N) is 1. The van der Waals surface area contributed by atoms with Crippen molar-refractivity contribution < 1.29 is 8.42 Å². The van der Waals surface area contributed by atoms with Crippen molar-refractivity contribution in [1.82, 2.24) is 9.40 Å². The molecule has 32 heavy (non-hydrogen) atoms. The number of hydrogen-bond donors (Lipinski definition) is 1. The van der Waals surface area contributed by atoms with Gasteiger partial charge in [-0.05, 0) is 35.2 Å². The van der Waals surface area contributed by atoms with Gasteiger partial charge in [-0.1, -0.05) is 48.0 Å². The van der Waals surface area contributed by atoms with Crippen LogP contribution in [0.25, 0.3) is 22.0 Å². The van der Waals surface area contributed by atoms with E-state index in [4.69, 9.17) is 11.6 Å². The first-order valence-corrected chi connectivity index (χ1v) is 12.9. The summed E-state index contributed by atoms with van der Waals surface area (Å²) < 4.78 is 26.2. The quantitative estimate of drug-likeness (QED) is 0.442. The third-order valence-electron chi connectivity index (χ3n) is 5.41. The third kappa shape index (κ3) is 3.64. The molecule has 1 atom stereocenters. The van der Waals surface area contributed by atoms with E-state index < -0.39 is 16.1 Å². The SMILES string of the molecule is CS(=O)(=O)N1N=C(c2c(-c3ccccc3)c3cc(Cl)ccc3[nH]c2=O)CC1c1cccs1. The smallest absolute Gasteiger partial charge is 0.258 e. The number of rotatable bonds is 4. The Labute approximate surface area is 193 Å². The van der Waals surface area contributed by atoms with Crippen molar-refractivity contribution in [1.29, 1.82) is 0 Å². The monoisotopic (exact) mass is 483 g/mol. The van der Waals surface area contributed by atoms with Crippen LogP contribution in [0.3, 0.4) is 0 Å². The van der Waals surface area contributed by atoms with E-state index in [9.17, 15) is 13.2 Å². The zero-order chi connectivity index (χ0) is 22.5. The molecule has 6 nitrogen and oxygen atoms in total. The van der Waals surface area contributed by atoms with Gasteiger partial charge < -0.3 is 4.98 Å². The molecule has 5 rings (SSSR count). The maximum Gasteiger partial charge on any atom is 0.258 e. The molecule has 9 heteroatoms. The van der Waals surface area contributed by atoms with E-state index in [0.29, 0.717) is 33.8 Å². The van der Waals surface area contributed by atoms with Crippen molar-refractivity contribution in [3.05, 3.63) is 91.9 Å². The predicted molar refractivity (Wildman–Crippen MR) is 130 cm³/mol. The van der Waals surface area contributed by atoms with Crippen molar-refractivity contribution in [2.24, 2.45) is 5.10 Å². The molecule has 0 spiro atoms. The van der Waals surface area contributed by atoms with Crippen LogP contribution in [-0.4, -0.2) is 29.8 Å². The molecule has 0 bridgehead atoms. The van der Waals surface area contributed by atoms with Crippen molar-refractivity contribution >= 4 is 49.6 Å². The van der Waals surface area contributed by atoms with Crippen LogP contribution in [-0.2, 0) is 10.0 Å². The molecule has 162 valence electrons. The Balaban J connectivity index is 1.79. The first kappa shape index (κ1) is 20.9. The van der Waals surface area contributed by atoms with Crippen LogP contribution in [0.5, 0.6) is 0 Å². The number of fused-ring (bicyclic) bond motifs is 1. The fourth-order valence-corrected chi connectivity index (χ4v) is 6.03. The number of thiophene rings is 1. The summed E-state index contributed by atoms with van der Waals surface area (Å²) in [5, 5.41) is 7.66. The number of aromatic amines is 1. The summed E-state index contributed by atoms with van der Waals surface area (Å²) >= 11 is 7.76. The maximum atomic E-state index is 13.3. The van der Waals surface area contributed by atoms with Crippen LogP contribution in [0.2, 0.25) is 5.02 Å². The lowest BCUT2D eigenvalue weighted by molar-refractivity contribution is 0.379. The maximum absolute atomic E-state index is 13.3. The zero-order valence-corrected chi connectivity index (χ0v) is 19.3. The fraction of sp³-hybridized carbons (Fsp3) is 0.130. The fourth-order valence-electron chi connectivity index (χ4n) is 4.08. The summed E-state index contributed by atoms with van der Waals surface area (Å²) in [6.45, 7) is 0. The van der Waals surface area contributed by atoms with Crippen LogP contribution in [0.1, 0.15) is 22.9 Å². The van der Waals surface area contributed by atoms with E-state index in [1.807, 2.05) is 47.8 Å². The number of hydrazone groups is 1. The number of aromatic nitrogens is 1. The number of halogens is 1. The Hall–Kier alpha value is -2.94. The Bertz CT molecular complexity index is 1510. The number of H-pyrrole nitrogens is 1. The number of nitrogens with zero attached hydrogens (tertiary/aromatic N) is 2. The van der Waals surface area contributed by atoms with Crippen molar-refractivity contribution in [2.45, 2.75) is 12.5 Å². The molecule has 0 aliphatic carbocycles. The summed E-state index contributed by atoms with van der Waals surface area (Å²) in [5.41, 5.74) is 2.63. The molecule has 1 aliphatic heterocycles. The number of pyridine rings is 1. The number of hydrogen-bond acceptors (Lipinski definition) is 5. The minimum Gasteiger partial charge on any atom is -0.321 e. The molecule has 0 amide bonds. The number of benzene rings is 2. The molecular formula is C23H18ClN3O3S2. The van der Waals surface area contributed by atoms with Gasteiger partial charge in [-0.3, -0.25) is 4.79 Å². The summed E-state index contributed by atoms with van der Waals surface area (Å²) in [5.74, 6) is 0. The standard InChI is InChI=1S/C23H18ClN3O3S2/c1-32(29,30)27-19(20-8-5-11-31-20)13-18(26-27)22-21(14-6-3-2-4-7-14)16-12-15(24)9-10-17(16)25-23(22)28/h2-12,19H,13H2,1H3,(H,25,28). The highest BCUT2D eigenvalue weighted by Crippen LogP contribution is 2.39. The van der Waals surface area contributed by atoms with Crippen LogP contribution in [0.4, 0.5) is 0 Å². The van der Waals surface area contributed by atoms with Gasteiger partial charge in [-0.25, -0.2) is 8.42 Å². The highest BCUT2D eigenvalue weighted by atomic mass is 35.5. The van der Waals surface area contributed by atoms with E-state index in [2.05, 4.69) is 10.1 Å². The Morgan fingerprint density at radius 3 is 2.56 bits per heavy atom. The van der Waals surface area contributed by atoms with Crippen LogP contribution in [0, 0.1) is 0 Å². The lowest BCUT2D eigenvalue weighted by Crippen LogP contribution is -2.25. The minimum absolute atomic E-state index is 0.294. The van der Waals surface area contributed by atoms with Gasteiger partial charge in [-0.2, -0.15) is 9.52 Å². The highest BCUT2D eigenvalue weighted by molar-refractivity contribution is 7.88. The van der Waals surface area contributed by atoms with Gasteiger partial charge in [0.25, 0.3) is 5.56 Å². The first-order chi connectivity index (χ1) is 15.3. The molecular weight excluding hydrogens is 466 g/mol. The molecule has 3 heterocycles. The Morgan fingerprint density at radius 2 is 1.88 bits per heavy atom. The molecule has 2 aromatic carbocycles. The van der Waals surface area contributed by atoms with Gasteiger partial charge in [0.1, 0.15) is 6.04 Å². The van der Waals surface area contributed by atoms with Gasteiger partial charge in [0.05, 0.1) is 17.5 Å². The molecule has 0 fully saturated rings. The molecule has 0 radical (unpaired) electrons. The molecule has 0 saturated carbocycles. The third-order valence-corrected chi connectivity index (χ3v) is 7.64. The highest BCUT2D eigenvalue weighted by Gasteiger charge is 2.37. The van der Waals surface area contributed by atoms with Crippen molar-refractivity contribution in [3.8, 4) is 11.1 Å². The van der Waals surface area contributed by atoms with Crippen LogP contribution in [0.15, 0.2) is 75.9 Å². The molecule has 1 aliphatic rings. The summed E-state index contributed by atoms with van der Waals surface area (Å²) in [4.78, 5) is 17.1. The predicted octanol–water partition coefficient (Wildman–Crippen LogP) is 5.02. The largest absolute Gasteiger partial charge is 0.321 e. The molecule has 4 aromatic rings. The molecule has 1 unspecified atom stereocenters. The molecule has 1 N–H and O–H groups in total. The van der Waals surface area contributed by atoms with Gasteiger partial charge in [0.2, 0.25) is 10.0 Å². The minimum atomic E-state index is -3.64. The summed E-state index contributed by atoms with van der Waals surface area (Å²) in [7, 11) is -3.64. The lowest BCUT2D eigenvalue weighted by Gasteiger charge is -2.19. The average molecular weight is 484 g/mol. The zero-order valence-electron chi connectivity index (χ0n) is 16.9. The second-order valence-corrected chi connectivity index (χ2v) is 10.8. The van der Waals surface area contributed by atoms with Gasteiger partial charge in [-0.15, -0.1) is 11.3 Å². The molecule has 0 saturated heterocycles. The Morgan fingerprint density at radius 1 is 1.09 bits per heavy atom. The van der Waals surface area contributed by atoms with E-state index in [0.717, 1.165) is 26.5 Å². The summed E-state index contributed by atoms with van der Waals surface area (Å²) in [6, 6.07) is 18.1. The summed E-state index contributed by atoms with van der Waals surface area (Å²) in [6.07, 6.45) is 1.42. The van der Waals surface area contributed by atoms with E-state index in [1.54, 1.807) is 18.2 Å². The van der Waals surface area contributed by atoms with Crippen LogP contribution < -0.4 is 5.56 Å². The van der Waals surface area contributed by atoms with Crippen LogP contribution >= 0.6 is 22.9 Å². The van der Waals surface area contributed by atoms with E-state index in [1.165, 1.54) is 11.3 Å². The lowest BCUT2D eigenvalue weighted by atomic mass is 9.92. The normalized spacial score (nSPS) is 16.5. The van der Waals surface area contributed by atoms with E-state index >= 15 is 0 Å². The topological polar surface area (TPSA) is 82.6 Å². The first-order valence-electron chi connectivity index (χ1n) is 9.84. The number of sulfonamides is 1. The van der Waals surface area contributed by atoms with E-state index in [-0.39, 0.29) is 5.56 Å². The van der Waals surface area contributed by atoms with Crippen molar-refractivity contribution in [3.63, 3.8) is 0 Å².